The highest BCUT2D eigenvalue weighted by Crippen LogP contribution is 2.28. The molecule has 0 fully saturated rings. The van der Waals surface area contributed by atoms with Crippen molar-refractivity contribution in [3.63, 3.8) is 0 Å². The van der Waals surface area contributed by atoms with Gasteiger partial charge in [-0.15, -0.1) is 11.3 Å². The molecule has 1 amide bonds. The smallest absolute Gasteiger partial charge is 0.325 e. The van der Waals surface area contributed by atoms with Gasteiger partial charge in [-0.2, -0.15) is 0 Å². The van der Waals surface area contributed by atoms with Crippen LogP contribution in [0.15, 0.2) is 24.3 Å². The Morgan fingerprint density at radius 3 is 2.52 bits per heavy atom. The summed E-state index contributed by atoms with van der Waals surface area (Å²) < 4.78 is 0. The second-order valence-corrected chi connectivity index (χ2v) is 5.91. The number of carboxylic acids is 1. The number of nitrogens with one attached hydrogen (secondary N) is 1. The molecular weight excluding hydrogens is 312 g/mol. The summed E-state index contributed by atoms with van der Waals surface area (Å²) in [6.45, 7) is 3.13. The standard InChI is InChI=1S/C14H13ClN2O3S/c1-7-11(12(18)16-8(2)14(19)20)21-13(17-7)9-3-5-10(15)6-4-9/h3-6,8H,1-2H3,(H,16,18)(H,19,20)/t8-/m0/s1. The van der Waals surface area contributed by atoms with E-state index in [9.17, 15) is 9.59 Å². The number of aromatic nitrogens is 1. The van der Waals surface area contributed by atoms with Crippen LogP contribution in [0.3, 0.4) is 0 Å². The summed E-state index contributed by atoms with van der Waals surface area (Å²) in [5.41, 5.74) is 1.43. The molecule has 21 heavy (non-hydrogen) atoms. The van der Waals surface area contributed by atoms with E-state index in [1.807, 2.05) is 12.1 Å². The summed E-state index contributed by atoms with van der Waals surface area (Å²) in [6.07, 6.45) is 0. The zero-order chi connectivity index (χ0) is 15.6. The Labute approximate surface area is 130 Å². The first-order valence-electron chi connectivity index (χ1n) is 6.15. The minimum Gasteiger partial charge on any atom is -0.480 e. The van der Waals surface area contributed by atoms with Crippen LogP contribution in [0.4, 0.5) is 0 Å². The number of rotatable bonds is 4. The Morgan fingerprint density at radius 1 is 1.33 bits per heavy atom. The molecule has 0 unspecified atom stereocenters. The van der Waals surface area contributed by atoms with Crippen LogP contribution in [0.25, 0.3) is 10.6 Å². The molecule has 2 aromatic rings. The number of hydrogen-bond donors (Lipinski definition) is 2. The Hall–Kier alpha value is -1.92. The van der Waals surface area contributed by atoms with E-state index in [1.54, 1.807) is 19.1 Å². The predicted molar refractivity (Wildman–Crippen MR) is 81.9 cm³/mol. The number of amides is 1. The molecule has 1 heterocycles. The van der Waals surface area contributed by atoms with E-state index in [-0.39, 0.29) is 0 Å². The van der Waals surface area contributed by atoms with E-state index < -0.39 is 17.9 Å². The van der Waals surface area contributed by atoms with Crippen LogP contribution >= 0.6 is 22.9 Å². The lowest BCUT2D eigenvalue weighted by atomic mass is 10.2. The van der Waals surface area contributed by atoms with Crippen molar-refractivity contribution in [2.75, 3.05) is 0 Å². The SMILES string of the molecule is Cc1nc(-c2ccc(Cl)cc2)sc1C(=O)N[C@@H](C)C(=O)O. The number of hydrogen-bond acceptors (Lipinski definition) is 4. The van der Waals surface area contributed by atoms with Crippen LogP contribution in [0.2, 0.25) is 5.02 Å². The van der Waals surface area contributed by atoms with Crippen LogP contribution in [-0.4, -0.2) is 28.0 Å². The summed E-state index contributed by atoms with van der Waals surface area (Å²) in [4.78, 5) is 27.6. The number of aliphatic carboxylic acids is 1. The van der Waals surface area contributed by atoms with E-state index in [0.29, 0.717) is 20.6 Å². The molecule has 0 saturated carbocycles. The van der Waals surface area contributed by atoms with Crippen molar-refractivity contribution in [1.29, 1.82) is 0 Å². The summed E-state index contributed by atoms with van der Waals surface area (Å²) in [6, 6.07) is 6.20. The number of benzene rings is 1. The average Bonchev–Trinajstić information content (AvgIpc) is 2.81. The maximum Gasteiger partial charge on any atom is 0.325 e. The maximum atomic E-state index is 12.1. The molecule has 2 rings (SSSR count). The normalized spacial score (nSPS) is 12.0. The fourth-order valence-electron chi connectivity index (χ4n) is 1.65. The minimum absolute atomic E-state index is 0.410. The van der Waals surface area contributed by atoms with E-state index in [0.717, 1.165) is 5.56 Å². The largest absolute Gasteiger partial charge is 0.480 e. The van der Waals surface area contributed by atoms with Gasteiger partial charge < -0.3 is 10.4 Å². The number of thiazole rings is 1. The molecule has 1 aromatic heterocycles. The van der Waals surface area contributed by atoms with Gasteiger partial charge in [-0.25, -0.2) is 4.98 Å². The van der Waals surface area contributed by atoms with Crippen LogP contribution in [0, 0.1) is 6.92 Å². The molecule has 110 valence electrons. The fraction of sp³-hybridized carbons (Fsp3) is 0.214. The summed E-state index contributed by atoms with van der Waals surface area (Å²) in [5, 5.41) is 12.6. The van der Waals surface area contributed by atoms with Crippen LogP contribution < -0.4 is 5.32 Å². The first-order valence-corrected chi connectivity index (χ1v) is 7.35. The molecule has 0 aliphatic carbocycles. The Bertz CT molecular complexity index is 682. The van der Waals surface area contributed by atoms with Crippen molar-refractivity contribution in [3.05, 3.63) is 39.9 Å². The number of carbonyl (C=O) groups excluding carboxylic acids is 1. The number of aryl methyl sites for hydroxylation is 1. The van der Waals surface area contributed by atoms with Gasteiger partial charge >= 0.3 is 5.97 Å². The molecule has 7 heteroatoms. The maximum absolute atomic E-state index is 12.1. The van der Waals surface area contributed by atoms with Crippen molar-refractivity contribution < 1.29 is 14.7 Å². The monoisotopic (exact) mass is 324 g/mol. The quantitative estimate of drug-likeness (QED) is 0.906. The molecule has 0 saturated heterocycles. The van der Waals surface area contributed by atoms with Crippen molar-refractivity contribution in [1.82, 2.24) is 10.3 Å². The molecule has 0 spiro atoms. The first kappa shape index (κ1) is 15.5. The van der Waals surface area contributed by atoms with Gasteiger partial charge in [0.1, 0.15) is 15.9 Å². The molecule has 0 bridgehead atoms. The van der Waals surface area contributed by atoms with E-state index in [1.165, 1.54) is 18.3 Å². The van der Waals surface area contributed by atoms with Gasteiger partial charge in [-0.05, 0) is 26.0 Å². The number of carboxylic acid groups (broad SMARTS) is 1. The predicted octanol–water partition coefficient (Wildman–Crippen LogP) is 2.97. The Kier molecular flexibility index (Phi) is 4.59. The Morgan fingerprint density at radius 2 is 1.95 bits per heavy atom. The highest BCUT2D eigenvalue weighted by molar-refractivity contribution is 7.17. The van der Waals surface area contributed by atoms with Gasteiger partial charge in [-0.1, -0.05) is 23.7 Å². The van der Waals surface area contributed by atoms with Crippen molar-refractivity contribution in [2.45, 2.75) is 19.9 Å². The molecule has 1 aromatic carbocycles. The zero-order valence-corrected chi connectivity index (χ0v) is 13.0. The van der Waals surface area contributed by atoms with Gasteiger partial charge in [-0.3, -0.25) is 9.59 Å². The summed E-state index contributed by atoms with van der Waals surface area (Å²) in [7, 11) is 0. The third kappa shape index (κ3) is 3.59. The average molecular weight is 325 g/mol. The first-order chi connectivity index (χ1) is 9.88. The van der Waals surface area contributed by atoms with Gasteiger partial charge in [0.2, 0.25) is 0 Å². The van der Waals surface area contributed by atoms with E-state index >= 15 is 0 Å². The number of carbonyl (C=O) groups is 2. The van der Waals surface area contributed by atoms with Gasteiger partial charge in [0.15, 0.2) is 0 Å². The lowest BCUT2D eigenvalue weighted by Crippen LogP contribution is -2.38. The third-order valence-corrected chi connectivity index (χ3v) is 4.27. The highest BCUT2D eigenvalue weighted by atomic mass is 35.5. The third-order valence-electron chi connectivity index (χ3n) is 2.81. The van der Waals surface area contributed by atoms with Gasteiger partial charge in [0, 0.05) is 10.6 Å². The van der Waals surface area contributed by atoms with Crippen LogP contribution in [0.1, 0.15) is 22.3 Å². The summed E-state index contributed by atoms with van der Waals surface area (Å²) in [5.74, 6) is -1.51. The second kappa shape index (κ2) is 6.24. The molecular formula is C14H13ClN2O3S. The van der Waals surface area contributed by atoms with E-state index in [2.05, 4.69) is 10.3 Å². The Balaban J connectivity index is 2.25. The molecule has 1 atom stereocenters. The number of nitrogens with zero attached hydrogens (tertiary/aromatic N) is 1. The minimum atomic E-state index is -1.08. The van der Waals surface area contributed by atoms with Crippen LogP contribution in [0.5, 0.6) is 0 Å². The van der Waals surface area contributed by atoms with E-state index in [4.69, 9.17) is 16.7 Å². The van der Waals surface area contributed by atoms with Gasteiger partial charge in [0.05, 0.1) is 5.69 Å². The van der Waals surface area contributed by atoms with Gasteiger partial charge in [0.25, 0.3) is 5.91 Å². The molecule has 0 radical (unpaired) electrons. The van der Waals surface area contributed by atoms with Crippen molar-refractivity contribution >= 4 is 34.8 Å². The molecule has 0 aliphatic heterocycles. The lowest BCUT2D eigenvalue weighted by Gasteiger charge is -2.07. The van der Waals surface area contributed by atoms with Crippen molar-refractivity contribution in [3.8, 4) is 10.6 Å². The highest BCUT2D eigenvalue weighted by Gasteiger charge is 2.20. The second-order valence-electron chi connectivity index (χ2n) is 4.47. The molecule has 0 aliphatic rings. The topological polar surface area (TPSA) is 79.3 Å². The fourth-order valence-corrected chi connectivity index (χ4v) is 2.75. The van der Waals surface area contributed by atoms with Crippen LogP contribution in [-0.2, 0) is 4.79 Å². The number of halogens is 1. The molecule has 2 N–H and O–H groups in total. The summed E-state index contributed by atoms with van der Waals surface area (Å²) >= 11 is 7.06. The lowest BCUT2D eigenvalue weighted by molar-refractivity contribution is -0.138. The van der Waals surface area contributed by atoms with Crippen molar-refractivity contribution in [2.24, 2.45) is 0 Å². The zero-order valence-electron chi connectivity index (χ0n) is 11.4. The molecule has 5 nitrogen and oxygen atoms in total.